The third kappa shape index (κ3) is 6.76. The van der Waals surface area contributed by atoms with E-state index in [0.29, 0.717) is 27.4 Å². The number of carbonyl (C=O) groups is 1. The maximum absolute atomic E-state index is 13.7. The Bertz CT molecular complexity index is 1310. The number of fused-ring (bicyclic) bond motifs is 1. The Labute approximate surface area is 245 Å². The van der Waals surface area contributed by atoms with Crippen LogP contribution in [0.3, 0.4) is 0 Å². The number of pyridine rings is 1. The van der Waals surface area contributed by atoms with Crippen molar-refractivity contribution in [2.24, 2.45) is 0 Å². The van der Waals surface area contributed by atoms with Crippen molar-refractivity contribution >= 4 is 37.0 Å². The van der Waals surface area contributed by atoms with Crippen molar-refractivity contribution in [3.63, 3.8) is 0 Å². The molecular weight excluding hydrogens is 537 g/mol. The van der Waals surface area contributed by atoms with Crippen LogP contribution in [0, 0.1) is 11.5 Å². The van der Waals surface area contributed by atoms with Gasteiger partial charge in [0.1, 0.15) is 19.3 Å². The molecule has 0 radical (unpaired) electrons. The first-order chi connectivity index (χ1) is 18.6. The van der Waals surface area contributed by atoms with Crippen LogP contribution in [0.25, 0.3) is 11.0 Å². The first kappa shape index (κ1) is 32.2. The lowest BCUT2D eigenvalue weighted by atomic mass is 9.90. The zero-order chi connectivity index (χ0) is 30.0. The van der Waals surface area contributed by atoms with Gasteiger partial charge in [0, 0.05) is 37.0 Å². The molecule has 3 rings (SSSR count). The molecule has 0 unspecified atom stereocenters. The van der Waals surface area contributed by atoms with Gasteiger partial charge in [0.15, 0.2) is 5.16 Å². The summed E-state index contributed by atoms with van der Waals surface area (Å²) in [5.41, 5.74) is 6.05. The molecule has 40 heavy (non-hydrogen) atoms. The minimum Gasteiger partial charge on any atom is -0.444 e. The van der Waals surface area contributed by atoms with E-state index >= 15 is 0 Å². The van der Waals surface area contributed by atoms with Gasteiger partial charge in [0.05, 0.1) is 5.39 Å². The van der Waals surface area contributed by atoms with E-state index in [1.54, 1.807) is 18.0 Å². The van der Waals surface area contributed by atoms with Crippen LogP contribution < -0.4 is 5.56 Å². The van der Waals surface area contributed by atoms with Gasteiger partial charge in [0.25, 0.3) is 5.56 Å². The van der Waals surface area contributed by atoms with Gasteiger partial charge < -0.3 is 9.64 Å². The van der Waals surface area contributed by atoms with Gasteiger partial charge in [-0.2, -0.15) is 0 Å². The molecule has 2 aromatic rings. The maximum atomic E-state index is 13.7. The second-order valence-electron chi connectivity index (χ2n) is 13.1. The minimum absolute atomic E-state index is 0.000333. The Balaban J connectivity index is 2.01. The van der Waals surface area contributed by atoms with Gasteiger partial charge in [-0.25, -0.2) is 14.8 Å². The van der Waals surface area contributed by atoms with Gasteiger partial charge in [-0.15, -0.1) is 5.54 Å². The topological polar surface area (TPSA) is 77.3 Å². The molecule has 220 valence electrons. The zero-order valence-electron chi connectivity index (χ0n) is 26.3. The van der Waals surface area contributed by atoms with E-state index in [1.807, 2.05) is 37.8 Å². The summed E-state index contributed by atoms with van der Waals surface area (Å²) in [5, 5.41) is 1.47. The second kappa shape index (κ2) is 12.7. The zero-order valence-corrected chi connectivity index (χ0v) is 28.1. The number of carbonyl (C=O) groups excluding carboxylic acids is 1. The number of ether oxygens (including phenoxy) is 1. The Morgan fingerprint density at radius 2 is 1.68 bits per heavy atom. The fourth-order valence-corrected chi connectivity index (χ4v) is 12.0. The molecule has 7 nitrogen and oxygen atoms in total. The van der Waals surface area contributed by atoms with E-state index in [2.05, 4.69) is 58.0 Å². The Morgan fingerprint density at radius 1 is 1.10 bits per heavy atom. The number of thioether (sulfide) groups is 1. The molecule has 9 heteroatoms. The molecule has 0 aromatic carbocycles. The van der Waals surface area contributed by atoms with Gasteiger partial charge in [-0.05, 0) is 69.3 Å². The highest BCUT2D eigenvalue weighted by Gasteiger charge is 2.41. The van der Waals surface area contributed by atoms with Gasteiger partial charge in [0.2, 0.25) is 0 Å². The first-order valence-electron chi connectivity index (χ1n) is 14.6. The number of amides is 1. The SMILES string of the molecule is CSc1ncc2c(C#C[Si](C(C)C)(C(C)C)C(C)C)cc(=O)n(C3CCC(N(C)C(=O)OC(C)(C)C)CC3)c2n1. The number of rotatable bonds is 6. The highest BCUT2D eigenvalue weighted by atomic mass is 32.2. The molecular formula is C31H48N4O3SSi. The summed E-state index contributed by atoms with van der Waals surface area (Å²) in [5.74, 6) is 3.49. The minimum atomic E-state index is -1.98. The maximum Gasteiger partial charge on any atom is 0.410 e. The molecule has 1 aliphatic rings. The summed E-state index contributed by atoms with van der Waals surface area (Å²) < 4.78 is 7.42. The van der Waals surface area contributed by atoms with E-state index in [4.69, 9.17) is 9.72 Å². The molecule has 0 bridgehead atoms. The fourth-order valence-electron chi connectivity index (χ4n) is 6.46. The molecule has 2 heterocycles. The van der Waals surface area contributed by atoms with Crippen LogP contribution >= 0.6 is 11.8 Å². The standard InChI is InChI=1S/C31H48N4O3SSi/c1-20(2)40(21(3)4,22(5)6)17-16-23-18-27(36)35(28-26(23)19-32-29(33-28)39-11)25-14-12-24(13-15-25)34(10)30(37)38-31(7,8)9/h18-22,24-25H,12-15H2,1-11H3. The first-order valence-corrected chi connectivity index (χ1v) is 18.0. The predicted molar refractivity (Wildman–Crippen MR) is 169 cm³/mol. The van der Waals surface area contributed by atoms with Gasteiger partial charge >= 0.3 is 6.09 Å². The highest BCUT2D eigenvalue weighted by Crippen LogP contribution is 2.41. The number of aromatic nitrogens is 3. The fraction of sp³-hybridized carbons (Fsp3) is 0.677. The van der Waals surface area contributed by atoms with Crippen molar-refractivity contribution in [3.8, 4) is 11.5 Å². The molecule has 1 saturated carbocycles. The lowest BCUT2D eigenvalue weighted by Gasteiger charge is -2.38. The highest BCUT2D eigenvalue weighted by molar-refractivity contribution is 7.98. The Hall–Kier alpha value is -2.31. The lowest BCUT2D eigenvalue weighted by Crippen LogP contribution is -2.43. The van der Waals surface area contributed by atoms with Crippen LogP contribution in [0.5, 0.6) is 0 Å². The molecule has 0 aliphatic heterocycles. The smallest absolute Gasteiger partial charge is 0.410 e. The molecule has 1 amide bonds. The third-order valence-electron chi connectivity index (χ3n) is 8.49. The van der Waals surface area contributed by atoms with Crippen molar-refractivity contribution < 1.29 is 9.53 Å². The largest absolute Gasteiger partial charge is 0.444 e. The van der Waals surface area contributed by atoms with Crippen molar-refractivity contribution in [2.75, 3.05) is 13.3 Å². The molecule has 0 spiro atoms. The summed E-state index contributed by atoms with van der Waals surface area (Å²) in [7, 11) is -0.173. The van der Waals surface area contributed by atoms with Crippen LogP contribution in [0.15, 0.2) is 22.2 Å². The van der Waals surface area contributed by atoms with Crippen LogP contribution in [0.2, 0.25) is 16.6 Å². The summed E-state index contributed by atoms with van der Waals surface area (Å²) in [4.78, 5) is 37.4. The average molecular weight is 585 g/mol. The van der Waals surface area contributed by atoms with E-state index in [-0.39, 0.29) is 23.7 Å². The van der Waals surface area contributed by atoms with E-state index in [9.17, 15) is 9.59 Å². The second-order valence-corrected chi connectivity index (χ2v) is 19.4. The van der Waals surface area contributed by atoms with E-state index < -0.39 is 13.7 Å². The molecule has 0 N–H and O–H groups in total. The summed E-state index contributed by atoms with van der Waals surface area (Å²) in [6.45, 7) is 19.4. The average Bonchev–Trinajstić information content (AvgIpc) is 2.86. The van der Waals surface area contributed by atoms with E-state index in [0.717, 1.165) is 36.6 Å². The third-order valence-corrected chi connectivity index (χ3v) is 15.3. The lowest BCUT2D eigenvalue weighted by molar-refractivity contribution is 0.0174. The predicted octanol–water partition coefficient (Wildman–Crippen LogP) is 7.43. The number of nitrogens with zero attached hydrogens (tertiary/aromatic N) is 4. The molecule has 1 aliphatic carbocycles. The van der Waals surface area contributed by atoms with Crippen LogP contribution in [-0.2, 0) is 4.74 Å². The molecule has 0 atom stereocenters. The monoisotopic (exact) mass is 584 g/mol. The van der Waals surface area contributed by atoms with Crippen molar-refractivity contribution in [3.05, 3.63) is 28.2 Å². The Morgan fingerprint density at radius 3 is 2.17 bits per heavy atom. The van der Waals surface area contributed by atoms with E-state index in [1.165, 1.54) is 11.8 Å². The number of hydrogen-bond donors (Lipinski definition) is 0. The Kier molecular flexibility index (Phi) is 10.2. The van der Waals surface area contributed by atoms with Crippen LogP contribution in [0.1, 0.15) is 99.6 Å². The number of hydrogen-bond acceptors (Lipinski definition) is 6. The molecule has 2 aromatic heterocycles. The van der Waals surface area contributed by atoms with Crippen LogP contribution in [0.4, 0.5) is 4.79 Å². The van der Waals surface area contributed by atoms with Gasteiger partial charge in [-0.3, -0.25) is 9.36 Å². The van der Waals surface area contributed by atoms with Gasteiger partial charge in [-0.1, -0.05) is 59.2 Å². The van der Waals surface area contributed by atoms with Crippen molar-refractivity contribution in [2.45, 2.75) is 127 Å². The summed E-state index contributed by atoms with van der Waals surface area (Å²) in [6, 6.07) is 1.77. The molecule has 0 saturated heterocycles. The summed E-state index contributed by atoms with van der Waals surface area (Å²) in [6.07, 6.45) is 6.62. The summed E-state index contributed by atoms with van der Waals surface area (Å²) >= 11 is 1.47. The molecule has 1 fully saturated rings. The van der Waals surface area contributed by atoms with Crippen molar-refractivity contribution in [1.82, 2.24) is 19.4 Å². The normalized spacial score (nSPS) is 18.2. The quantitative estimate of drug-likeness (QED) is 0.152. The van der Waals surface area contributed by atoms with Crippen molar-refractivity contribution in [1.29, 1.82) is 0 Å². The van der Waals surface area contributed by atoms with Crippen LogP contribution in [-0.4, -0.2) is 58.5 Å².